The number of alkyl carbamates (subject to hydrolysis) is 1. The zero-order chi connectivity index (χ0) is 14.5. The first-order valence-corrected chi connectivity index (χ1v) is 5.89. The van der Waals surface area contributed by atoms with Crippen molar-refractivity contribution in [3.05, 3.63) is 29.3 Å². The lowest BCUT2D eigenvalue weighted by molar-refractivity contribution is 0.0523. The molecule has 0 fully saturated rings. The molecule has 0 aliphatic rings. The van der Waals surface area contributed by atoms with E-state index in [-0.39, 0.29) is 0 Å². The molecule has 0 radical (unpaired) electrons. The highest BCUT2D eigenvalue weighted by molar-refractivity contribution is 5.67. The molecule has 102 valence electrons. The number of methoxy groups -OCH3 is 1. The monoisotopic (exact) mass is 262 g/mol. The van der Waals surface area contributed by atoms with Crippen LogP contribution >= 0.6 is 0 Å². The third kappa shape index (κ3) is 4.88. The zero-order valence-corrected chi connectivity index (χ0v) is 11.6. The van der Waals surface area contributed by atoms with E-state index in [1.165, 1.54) is 7.11 Å². The quantitative estimate of drug-likeness (QED) is 0.908. The third-order valence-electron chi connectivity index (χ3n) is 2.22. The van der Waals surface area contributed by atoms with E-state index in [1.807, 2.05) is 6.07 Å². The fourth-order valence-corrected chi connectivity index (χ4v) is 1.43. The summed E-state index contributed by atoms with van der Waals surface area (Å²) in [5, 5.41) is 11.5. The molecule has 1 aromatic carbocycles. The molecule has 0 aliphatic carbocycles. The van der Waals surface area contributed by atoms with Gasteiger partial charge in [0.2, 0.25) is 0 Å². The molecule has 0 unspecified atom stereocenters. The summed E-state index contributed by atoms with van der Waals surface area (Å²) in [6.07, 6.45) is -0.476. The molecule has 5 nitrogen and oxygen atoms in total. The van der Waals surface area contributed by atoms with Gasteiger partial charge in [-0.25, -0.2) is 4.79 Å². The zero-order valence-electron chi connectivity index (χ0n) is 11.6. The van der Waals surface area contributed by atoms with E-state index in [1.54, 1.807) is 39.0 Å². The van der Waals surface area contributed by atoms with Crippen molar-refractivity contribution in [3.63, 3.8) is 0 Å². The number of carbonyl (C=O) groups excluding carboxylic acids is 1. The van der Waals surface area contributed by atoms with Crippen molar-refractivity contribution in [2.24, 2.45) is 0 Å². The first-order valence-electron chi connectivity index (χ1n) is 5.89. The maximum Gasteiger partial charge on any atom is 0.407 e. The van der Waals surface area contributed by atoms with Crippen LogP contribution in [0.25, 0.3) is 0 Å². The minimum Gasteiger partial charge on any atom is -0.495 e. The van der Waals surface area contributed by atoms with Gasteiger partial charge in [-0.1, -0.05) is 6.07 Å². The molecule has 0 heterocycles. The van der Waals surface area contributed by atoms with Gasteiger partial charge in [0.25, 0.3) is 0 Å². The number of ether oxygens (including phenoxy) is 2. The minimum atomic E-state index is -0.521. The van der Waals surface area contributed by atoms with Crippen molar-refractivity contribution in [1.29, 1.82) is 5.26 Å². The van der Waals surface area contributed by atoms with Gasteiger partial charge in [0, 0.05) is 6.54 Å². The molecule has 1 amide bonds. The fraction of sp³-hybridized carbons (Fsp3) is 0.429. The van der Waals surface area contributed by atoms with Crippen LogP contribution in [0.4, 0.5) is 4.79 Å². The summed E-state index contributed by atoms with van der Waals surface area (Å²) < 4.78 is 10.2. The summed E-state index contributed by atoms with van der Waals surface area (Å²) in [6, 6.07) is 7.17. The maximum absolute atomic E-state index is 11.5. The predicted octanol–water partition coefficient (Wildman–Crippen LogP) is 2.59. The largest absolute Gasteiger partial charge is 0.495 e. The van der Waals surface area contributed by atoms with E-state index < -0.39 is 11.7 Å². The molecule has 0 saturated carbocycles. The Morgan fingerprint density at radius 1 is 1.42 bits per heavy atom. The van der Waals surface area contributed by atoms with Crippen molar-refractivity contribution in [1.82, 2.24) is 5.32 Å². The molecular formula is C14H18N2O3. The molecule has 1 rings (SSSR count). The van der Waals surface area contributed by atoms with Gasteiger partial charge in [-0.3, -0.25) is 0 Å². The van der Waals surface area contributed by atoms with E-state index in [0.29, 0.717) is 17.9 Å². The molecule has 0 atom stereocenters. The number of hydrogen-bond acceptors (Lipinski definition) is 4. The van der Waals surface area contributed by atoms with Gasteiger partial charge in [-0.15, -0.1) is 0 Å². The van der Waals surface area contributed by atoms with Crippen LogP contribution in [0.3, 0.4) is 0 Å². The Hall–Kier alpha value is -2.22. The molecule has 1 N–H and O–H groups in total. The number of nitrogens with zero attached hydrogens (tertiary/aromatic N) is 1. The van der Waals surface area contributed by atoms with Crippen molar-refractivity contribution in [3.8, 4) is 11.8 Å². The summed E-state index contributed by atoms with van der Waals surface area (Å²) in [6.45, 7) is 5.73. The normalized spacial score (nSPS) is 10.5. The van der Waals surface area contributed by atoms with Gasteiger partial charge in [0.15, 0.2) is 0 Å². The van der Waals surface area contributed by atoms with Crippen LogP contribution < -0.4 is 10.1 Å². The van der Waals surface area contributed by atoms with Crippen LogP contribution in [0.5, 0.6) is 5.75 Å². The Balaban J connectivity index is 2.64. The number of nitrogens with one attached hydrogen (secondary N) is 1. The Labute approximate surface area is 113 Å². The topological polar surface area (TPSA) is 71.3 Å². The third-order valence-corrected chi connectivity index (χ3v) is 2.22. The molecular weight excluding hydrogens is 244 g/mol. The average molecular weight is 262 g/mol. The maximum atomic E-state index is 11.5. The van der Waals surface area contributed by atoms with Crippen LogP contribution in [0.1, 0.15) is 31.9 Å². The van der Waals surface area contributed by atoms with E-state index in [2.05, 4.69) is 5.32 Å². The number of hydrogen-bond donors (Lipinski definition) is 1. The molecule has 19 heavy (non-hydrogen) atoms. The SMILES string of the molecule is COc1cc(CNC(=O)OC(C)(C)C)ccc1C#N. The number of benzene rings is 1. The number of amides is 1. The lowest BCUT2D eigenvalue weighted by Crippen LogP contribution is -2.32. The van der Waals surface area contributed by atoms with Gasteiger partial charge in [0.1, 0.15) is 17.4 Å². The predicted molar refractivity (Wildman–Crippen MR) is 70.8 cm³/mol. The highest BCUT2D eigenvalue weighted by atomic mass is 16.6. The van der Waals surface area contributed by atoms with Crippen molar-refractivity contribution in [2.75, 3.05) is 7.11 Å². The second-order valence-corrected chi connectivity index (χ2v) is 5.00. The Morgan fingerprint density at radius 3 is 2.63 bits per heavy atom. The highest BCUT2D eigenvalue weighted by Crippen LogP contribution is 2.19. The van der Waals surface area contributed by atoms with E-state index >= 15 is 0 Å². The van der Waals surface area contributed by atoms with Crippen molar-refractivity contribution < 1.29 is 14.3 Å². The smallest absolute Gasteiger partial charge is 0.407 e. The molecule has 1 aromatic rings. The standard InChI is InChI=1S/C14H18N2O3/c1-14(2,3)19-13(17)16-9-10-5-6-11(8-15)12(7-10)18-4/h5-7H,9H2,1-4H3,(H,16,17). The second kappa shape index (κ2) is 6.10. The van der Waals surface area contributed by atoms with Crippen LogP contribution in [0, 0.1) is 11.3 Å². The van der Waals surface area contributed by atoms with Gasteiger partial charge in [-0.2, -0.15) is 5.26 Å². The highest BCUT2D eigenvalue weighted by Gasteiger charge is 2.15. The fourth-order valence-electron chi connectivity index (χ4n) is 1.43. The van der Waals surface area contributed by atoms with Crippen LogP contribution in [0.2, 0.25) is 0 Å². The number of rotatable bonds is 3. The summed E-state index contributed by atoms with van der Waals surface area (Å²) in [7, 11) is 1.50. The molecule has 0 spiro atoms. The lowest BCUT2D eigenvalue weighted by atomic mass is 10.1. The van der Waals surface area contributed by atoms with Gasteiger partial charge < -0.3 is 14.8 Å². The van der Waals surface area contributed by atoms with Crippen LogP contribution in [0.15, 0.2) is 18.2 Å². The number of carbonyl (C=O) groups is 1. The first kappa shape index (κ1) is 14.8. The summed E-state index contributed by atoms with van der Waals surface area (Å²) in [4.78, 5) is 11.5. The van der Waals surface area contributed by atoms with Crippen molar-refractivity contribution in [2.45, 2.75) is 32.9 Å². The Bertz CT molecular complexity index is 498. The molecule has 0 saturated heterocycles. The lowest BCUT2D eigenvalue weighted by Gasteiger charge is -2.19. The molecule has 5 heteroatoms. The molecule has 0 aromatic heterocycles. The van der Waals surface area contributed by atoms with Gasteiger partial charge >= 0.3 is 6.09 Å². The Kier molecular flexibility index (Phi) is 4.76. The summed E-state index contributed by atoms with van der Waals surface area (Å²) >= 11 is 0. The summed E-state index contributed by atoms with van der Waals surface area (Å²) in [5.74, 6) is 0.492. The molecule has 0 bridgehead atoms. The van der Waals surface area contributed by atoms with Gasteiger partial charge in [0.05, 0.1) is 12.7 Å². The van der Waals surface area contributed by atoms with E-state index in [0.717, 1.165) is 5.56 Å². The first-order chi connectivity index (χ1) is 8.85. The number of nitriles is 1. The van der Waals surface area contributed by atoms with Crippen LogP contribution in [-0.2, 0) is 11.3 Å². The van der Waals surface area contributed by atoms with E-state index in [9.17, 15) is 4.79 Å². The van der Waals surface area contributed by atoms with Crippen LogP contribution in [-0.4, -0.2) is 18.8 Å². The molecule has 0 aliphatic heterocycles. The summed E-state index contributed by atoms with van der Waals surface area (Å²) in [5.41, 5.74) is 0.775. The average Bonchev–Trinajstić information content (AvgIpc) is 2.33. The van der Waals surface area contributed by atoms with Crippen molar-refractivity contribution >= 4 is 6.09 Å². The minimum absolute atomic E-state index is 0.316. The second-order valence-electron chi connectivity index (χ2n) is 5.00. The van der Waals surface area contributed by atoms with E-state index in [4.69, 9.17) is 14.7 Å². The van der Waals surface area contributed by atoms with Gasteiger partial charge in [-0.05, 0) is 38.5 Å². The Morgan fingerprint density at radius 2 is 2.11 bits per heavy atom.